The maximum atomic E-state index is 13.2. The summed E-state index contributed by atoms with van der Waals surface area (Å²) >= 11 is 3.14. The Labute approximate surface area is 127 Å². The highest BCUT2D eigenvalue weighted by Gasteiger charge is 2.14. The second-order valence-electron chi connectivity index (χ2n) is 4.20. The first kappa shape index (κ1) is 15.1. The van der Waals surface area contributed by atoms with Crippen molar-refractivity contribution >= 4 is 27.4 Å². The van der Waals surface area contributed by atoms with E-state index < -0.39 is 10.7 Å². The van der Waals surface area contributed by atoms with E-state index in [0.29, 0.717) is 4.47 Å². The van der Waals surface area contributed by atoms with E-state index in [1.165, 1.54) is 31.2 Å². The minimum absolute atomic E-state index is 0.0672. The first-order chi connectivity index (χ1) is 9.86. The number of ketones is 1. The van der Waals surface area contributed by atoms with Crippen molar-refractivity contribution in [1.29, 1.82) is 0 Å². The summed E-state index contributed by atoms with van der Waals surface area (Å²) < 4.78 is 19.1. The number of carbonyl (C=O) groups excluding carboxylic acids is 1. The first-order valence-corrected chi connectivity index (χ1v) is 6.59. The molecule has 0 amide bonds. The van der Waals surface area contributed by atoms with E-state index in [9.17, 15) is 19.3 Å². The predicted octanol–water partition coefficient (Wildman–Crippen LogP) is 4.49. The molecule has 7 heteroatoms. The Kier molecular flexibility index (Phi) is 4.32. The molecule has 0 fully saturated rings. The van der Waals surface area contributed by atoms with E-state index in [-0.39, 0.29) is 28.5 Å². The number of hydrogen-bond donors (Lipinski definition) is 0. The largest absolute Gasteiger partial charge is 0.456 e. The van der Waals surface area contributed by atoms with Gasteiger partial charge in [-0.15, -0.1) is 0 Å². The third-order valence-corrected chi connectivity index (χ3v) is 3.07. The molecule has 2 rings (SSSR count). The molecule has 0 spiro atoms. The molecule has 108 valence electrons. The van der Waals surface area contributed by atoms with Gasteiger partial charge >= 0.3 is 0 Å². The van der Waals surface area contributed by atoms with Gasteiger partial charge in [-0.1, -0.05) is 15.9 Å². The maximum Gasteiger partial charge on any atom is 0.274 e. The Morgan fingerprint density at radius 1 is 1.29 bits per heavy atom. The molecule has 5 nitrogen and oxygen atoms in total. The Morgan fingerprint density at radius 3 is 2.62 bits per heavy atom. The summed E-state index contributed by atoms with van der Waals surface area (Å²) in [4.78, 5) is 21.7. The predicted molar refractivity (Wildman–Crippen MR) is 77.3 cm³/mol. The van der Waals surface area contributed by atoms with Gasteiger partial charge in [0.15, 0.2) is 5.78 Å². The van der Waals surface area contributed by atoms with Gasteiger partial charge in [-0.3, -0.25) is 14.9 Å². The van der Waals surface area contributed by atoms with Crippen LogP contribution in [0.3, 0.4) is 0 Å². The molecule has 0 aliphatic heterocycles. The molecule has 0 atom stereocenters. The molecule has 0 saturated carbocycles. The number of ether oxygens (including phenoxy) is 1. The van der Waals surface area contributed by atoms with Gasteiger partial charge < -0.3 is 4.74 Å². The maximum absolute atomic E-state index is 13.2. The van der Waals surface area contributed by atoms with Gasteiger partial charge in [0.2, 0.25) is 0 Å². The Hall–Kier alpha value is -2.28. The normalized spacial score (nSPS) is 10.2. The van der Waals surface area contributed by atoms with Gasteiger partial charge in [0, 0.05) is 10.5 Å². The van der Waals surface area contributed by atoms with Crippen molar-refractivity contribution in [2.75, 3.05) is 0 Å². The lowest BCUT2D eigenvalue weighted by molar-refractivity contribution is -0.385. The molecule has 2 aromatic carbocycles. The van der Waals surface area contributed by atoms with E-state index in [4.69, 9.17) is 4.74 Å². The van der Waals surface area contributed by atoms with Crippen LogP contribution in [0.5, 0.6) is 11.5 Å². The number of hydrogen-bond acceptors (Lipinski definition) is 4. The smallest absolute Gasteiger partial charge is 0.274 e. The van der Waals surface area contributed by atoms with Crippen molar-refractivity contribution < 1.29 is 18.8 Å². The van der Waals surface area contributed by atoms with E-state index in [2.05, 4.69) is 15.9 Å². The summed E-state index contributed by atoms with van der Waals surface area (Å²) in [5.74, 6) is -0.622. The van der Waals surface area contributed by atoms with Crippen LogP contribution in [0, 0.1) is 15.9 Å². The van der Waals surface area contributed by atoms with Crippen LogP contribution in [0.2, 0.25) is 0 Å². The summed E-state index contributed by atoms with van der Waals surface area (Å²) in [6.45, 7) is 1.28. The number of nitro groups is 1. The van der Waals surface area contributed by atoms with Gasteiger partial charge in [-0.25, -0.2) is 4.39 Å². The number of rotatable bonds is 4. The lowest BCUT2D eigenvalue weighted by atomic mass is 10.1. The van der Waals surface area contributed by atoms with Crippen LogP contribution in [0.25, 0.3) is 0 Å². The number of halogens is 2. The molecule has 0 unspecified atom stereocenters. The van der Waals surface area contributed by atoms with Gasteiger partial charge in [0.05, 0.1) is 16.6 Å². The van der Waals surface area contributed by atoms with Gasteiger partial charge in [0.25, 0.3) is 5.69 Å². The lowest BCUT2D eigenvalue weighted by Gasteiger charge is -2.10. The highest BCUT2D eigenvalue weighted by molar-refractivity contribution is 9.10. The summed E-state index contributed by atoms with van der Waals surface area (Å²) in [7, 11) is 0. The van der Waals surface area contributed by atoms with E-state index in [0.717, 1.165) is 12.1 Å². The van der Waals surface area contributed by atoms with Crippen LogP contribution in [-0.2, 0) is 0 Å². The minimum Gasteiger partial charge on any atom is -0.456 e. The summed E-state index contributed by atoms with van der Waals surface area (Å²) in [6, 6.07) is 7.57. The number of carbonyl (C=O) groups is 1. The molecule has 0 aliphatic rings. The highest BCUT2D eigenvalue weighted by Crippen LogP contribution is 2.31. The fourth-order valence-electron chi connectivity index (χ4n) is 1.71. The van der Waals surface area contributed by atoms with Crippen LogP contribution in [0.1, 0.15) is 17.3 Å². The van der Waals surface area contributed by atoms with Crippen LogP contribution >= 0.6 is 15.9 Å². The second-order valence-corrected chi connectivity index (χ2v) is 5.12. The zero-order valence-corrected chi connectivity index (χ0v) is 12.4. The molecule has 21 heavy (non-hydrogen) atoms. The van der Waals surface area contributed by atoms with E-state index in [1.54, 1.807) is 0 Å². The highest BCUT2D eigenvalue weighted by atomic mass is 79.9. The van der Waals surface area contributed by atoms with Crippen molar-refractivity contribution in [2.45, 2.75) is 6.92 Å². The standard InChI is InChI=1S/C14H9BrFNO4/c1-8(18)13-6-10(16)2-3-14(13)21-12-5-9(15)4-11(7-12)17(19)20/h2-7H,1H3. The zero-order chi connectivity index (χ0) is 15.6. The zero-order valence-electron chi connectivity index (χ0n) is 10.8. The monoisotopic (exact) mass is 353 g/mol. The third kappa shape index (κ3) is 3.63. The molecule has 2 aromatic rings. The van der Waals surface area contributed by atoms with Crippen molar-refractivity contribution in [3.63, 3.8) is 0 Å². The van der Waals surface area contributed by atoms with Crippen LogP contribution in [0.4, 0.5) is 10.1 Å². The number of non-ortho nitro benzene ring substituents is 1. The fourth-order valence-corrected chi connectivity index (χ4v) is 2.17. The quantitative estimate of drug-likeness (QED) is 0.461. The molecule has 0 aliphatic carbocycles. The Morgan fingerprint density at radius 2 is 2.00 bits per heavy atom. The summed E-state index contributed by atoms with van der Waals surface area (Å²) in [5, 5.41) is 10.8. The Balaban J connectivity index is 2.43. The molecule has 0 bridgehead atoms. The Bertz CT molecular complexity index is 733. The van der Waals surface area contributed by atoms with Crippen molar-refractivity contribution in [3.8, 4) is 11.5 Å². The molecule has 0 N–H and O–H groups in total. The van der Waals surface area contributed by atoms with Gasteiger partial charge in [0.1, 0.15) is 17.3 Å². The molecule has 0 radical (unpaired) electrons. The third-order valence-electron chi connectivity index (χ3n) is 2.62. The summed E-state index contributed by atoms with van der Waals surface area (Å²) in [5.41, 5.74) is -0.0940. The number of benzene rings is 2. The molecule has 0 aromatic heterocycles. The summed E-state index contributed by atoms with van der Waals surface area (Å²) in [6.07, 6.45) is 0. The van der Waals surface area contributed by atoms with E-state index in [1.807, 2.05) is 0 Å². The molecule has 0 heterocycles. The van der Waals surface area contributed by atoms with Crippen molar-refractivity contribution in [3.05, 3.63) is 62.4 Å². The molecular formula is C14H9BrFNO4. The van der Waals surface area contributed by atoms with Gasteiger partial charge in [-0.05, 0) is 31.2 Å². The SMILES string of the molecule is CC(=O)c1cc(F)ccc1Oc1cc(Br)cc([N+](=O)[O-])c1. The number of nitro benzene ring substituents is 1. The first-order valence-electron chi connectivity index (χ1n) is 5.80. The lowest BCUT2D eigenvalue weighted by Crippen LogP contribution is -1.98. The van der Waals surface area contributed by atoms with E-state index >= 15 is 0 Å². The van der Waals surface area contributed by atoms with Crippen molar-refractivity contribution in [2.24, 2.45) is 0 Å². The average Bonchev–Trinajstić information content (AvgIpc) is 2.40. The van der Waals surface area contributed by atoms with Crippen LogP contribution < -0.4 is 4.74 Å². The fraction of sp³-hybridized carbons (Fsp3) is 0.0714. The number of Topliss-reactive ketones (excluding diaryl/α,β-unsaturated/α-hetero) is 1. The molecule has 0 saturated heterocycles. The van der Waals surface area contributed by atoms with Crippen LogP contribution in [-0.4, -0.2) is 10.7 Å². The molecular weight excluding hydrogens is 345 g/mol. The average molecular weight is 354 g/mol. The van der Waals surface area contributed by atoms with Crippen LogP contribution in [0.15, 0.2) is 40.9 Å². The minimum atomic E-state index is -0.562. The second kappa shape index (κ2) is 6.01. The van der Waals surface area contributed by atoms with Gasteiger partial charge in [-0.2, -0.15) is 0 Å². The van der Waals surface area contributed by atoms with Crippen molar-refractivity contribution in [1.82, 2.24) is 0 Å². The topological polar surface area (TPSA) is 69.4 Å². The number of nitrogens with zero attached hydrogens (tertiary/aromatic N) is 1.